The second kappa shape index (κ2) is 9.34. The standard InChI is InChI=1S/C23H26F3N3O3S/c1-2-33(31,32)27-20-7-10-29(23(30)28-8-4-9-28)21(20)13-16-12-18(25)14-19(22(16)26)15-5-3-6-17(24)11-15/h3,5-6,11-12,14,20-21,27H,2,4,7-10,13H2,1H3/t20-,21-/m0/s1. The van der Waals surface area contributed by atoms with E-state index in [9.17, 15) is 22.0 Å². The van der Waals surface area contributed by atoms with Gasteiger partial charge in [0.2, 0.25) is 10.0 Å². The zero-order chi connectivity index (χ0) is 23.8. The predicted molar refractivity (Wildman–Crippen MR) is 119 cm³/mol. The quantitative estimate of drug-likeness (QED) is 0.687. The molecule has 0 spiro atoms. The van der Waals surface area contributed by atoms with Crippen molar-refractivity contribution >= 4 is 16.1 Å². The van der Waals surface area contributed by atoms with Crippen LogP contribution in [-0.2, 0) is 16.4 Å². The van der Waals surface area contributed by atoms with Crippen molar-refractivity contribution in [3.8, 4) is 11.1 Å². The Labute approximate surface area is 191 Å². The van der Waals surface area contributed by atoms with Gasteiger partial charge in [0, 0.05) is 31.2 Å². The van der Waals surface area contributed by atoms with Gasteiger partial charge in [-0.15, -0.1) is 0 Å². The second-order valence-electron chi connectivity index (χ2n) is 8.44. The Morgan fingerprint density at radius 1 is 1.09 bits per heavy atom. The van der Waals surface area contributed by atoms with Crippen LogP contribution in [0.1, 0.15) is 25.3 Å². The maximum Gasteiger partial charge on any atom is 0.320 e. The van der Waals surface area contributed by atoms with Crippen LogP contribution in [0.5, 0.6) is 0 Å². The number of amides is 2. The molecular formula is C23H26F3N3O3S. The lowest BCUT2D eigenvalue weighted by Crippen LogP contribution is -2.54. The summed E-state index contributed by atoms with van der Waals surface area (Å²) in [5.41, 5.74) is 0.105. The van der Waals surface area contributed by atoms with Crippen molar-refractivity contribution in [2.45, 2.75) is 38.3 Å². The molecular weight excluding hydrogens is 455 g/mol. The molecule has 2 heterocycles. The lowest BCUT2D eigenvalue weighted by atomic mass is 9.95. The molecule has 6 nitrogen and oxygen atoms in total. The zero-order valence-electron chi connectivity index (χ0n) is 18.2. The number of likely N-dealkylation sites (tertiary alicyclic amines) is 2. The van der Waals surface area contributed by atoms with Crippen LogP contribution in [0.25, 0.3) is 11.1 Å². The molecule has 2 aliphatic heterocycles. The number of carbonyl (C=O) groups excluding carboxylic acids is 1. The van der Waals surface area contributed by atoms with Gasteiger partial charge in [0.1, 0.15) is 17.5 Å². The van der Waals surface area contributed by atoms with Gasteiger partial charge < -0.3 is 9.80 Å². The van der Waals surface area contributed by atoms with Crippen LogP contribution in [0.15, 0.2) is 36.4 Å². The molecule has 2 aromatic rings. The highest BCUT2D eigenvalue weighted by molar-refractivity contribution is 7.89. The van der Waals surface area contributed by atoms with Crippen LogP contribution >= 0.6 is 0 Å². The highest BCUT2D eigenvalue weighted by Gasteiger charge is 2.41. The van der Waals surface area contributed by atoms with Crippen LogP contribution in [0.2, 0.25) is 0 Å². The maximum atomic E-state index is 15.5. The largest absolute Gasteiger partial charge is 0.325 e. The Kier molecular flexibility index (Phi) is 6.67. The minimum absolute atomic E-state index is 0.00303. The van der Waals surface area contributed by atoms with E-state index in [2.05, 4.69) is 4.72 Å². The molecule has 178 valence electrons. The number of urea groups is 1. The average Bonchev–Trinajstić information content (AvgIpc) is 3.10. The van der Waals surface area contributed by atoms with Gasteiger partial charge >= 0.3 is 6.03 Å². The minimum Gasteiger partial charge on any atom is -0.325 e. The van der Waals surface area contributed by atoms with Crippen molar-refractivity contribution < 1.29 is 26.4 Å². The van der Waals surface area contributed by atoms with E-state index in [1.807, 2.05) is 0 Å². The smallest absolute Gasteiger partial charge is 0.320 e. The molecule has 1 N–H and O–H groups in total. The van der Waals surface area contributed by atoms with Crippen LogP contribution in [0.3, 0.4) is 0 Å². The number of nitrogens with one attached hydrogen (secondary N) is 1. The average molecular weight is 482 g/mol. The number of hydrogen-bond donors (Lipinski definition) is 1. The third kappa shape index (κ3) is 5.01. The Morgan fingerprint density at radius 3 is 2.48 bits per heavy atom. The Balaban J connectivity index is 1.69. The molecule has 2 amide bonds. The monoisotopic (exact) mass is 481 g/mol. The van der Waals surface area contributed by atoms with E-state index in [1.54, 1.807) is 9.80 Å². The van der Waals surface area contributed by atoms with E-state index in [4.69, 9.17) is 0 Å². The van der Waals surface area contributed by atoms with Crippen LogP contribution < -0.4 is 4.72 Å². The lowest BCUT2D eigenvalue weighted by Gasteiger charge is -2.38. The molecule has 0 aromatic heterocycles. The molecule has 2 atom stereocenters. The van der Waals surface area contributed by atoms with Crippen molar-refractivity contribution in [2.24, 2.45) is 0 Å². The van der Waals surface area contributed by atoms with Crippen LogP contribution in [0.4, 0.5) is 18.0 Å². The fraction of sp³-hybridized carbons (Fsp3) is 0.435. The van der Waals surface area contributed by atoms with Crippen molar-refractivity contribution in [3.63, 3.8) is 0 Å². The first-order valence-electron chi connectivity index (χ1n) is 11.0. The summed E-state index contributed by atoms with van der Waals surface area (Å²) in [4.78, 5) is 16.2. The first-order valence-corrected chi connectivity index (χ1v) is 12.6. The Bertz CT molecular complexity index is 1150. The number of rotatable bonds is 6. The number of halogens is 3. The molecule has 0 unspecified atom stereocenters. The summed E-state index contributed by atoms with van der Waals surface area (Å²) in [5, 5.41) is 0. The van der Waals surface area contributed by atoms with Gasteiger partial charge in [-0.1, -0.05) is 12.1 Å². The molecule has 2 aromatic carbocycles. The molecule has 10 heteroatoms. The molecule has 2 fully saturated rings. The predicted octanol–water partition coefficient (Wildman–Crippen LogP) is 3.52. The molecule has 4 rings (SSSR count). The Hall–Kier alpha value is -2.59. The fourth-order valence-electron chi connectivity index (χ4n) is 4.37. The maximum absolute atomic E-state index is 15.5. The van der Waals surface area contributed by atoms with Gasteiger partial charge in [-0.25, -0.2) is 31.1 Å². The second-order valence-corrected chi connectivity index (χ2v) is 10.5. The molecule has 0 radical (unpaired) electrons. The van der Waals surface area contributed by atoms with Crippen molar-refractivity contribution in [1.29, 1.82) is 0 Å². The van der Waals surface area contributed by atoms with E-state index in [1.165, 1.54) is 25.1 Å². The number of benzene rings is 2. The Morgan fingerprint density at radius 2 is 1.85 bits per heavy atom. The van der Waals surface area contributed by atoms with Gasteiger partial charge in [0.05, 0.1) is 11.8 Å². The summed E-state index contributed by atoms with van der Waals surface area (Å²) in [6.45, 7) is 3.05. The number of carbonyl (C=O) groups is 1. The SMILES string of the molecule is CCS(=O)(=O)N[C@H]1CCN(C(=O)N2CCC2)[C@H]1Cc1cc(F)cc(-c2cccc(F)c2)c1F. The highest BCUT2D eigenvalue weighted by Crippen LogP contribution is 2.31. The molecule has 2 aliphatic rings. The summed E-state index contributed by atoms with van der Waals surface area (Å²) in [6.07, 6.45) is 1.19. The molecule has 0 aliphatic carbocycles. The molecule has 0 bridgehead atoms. The van der Waals surface area contributed by atoms with Gasteiger partial charge in [-0.05, 0) is 61.6 Å². The normalized spacial score (nSPS) is 20.7. The van der Waals surface area contributed by atoms with Crippen molar-refractivity contribution in [1.82, 2.24) is 14.5 Å². The summed E-state index contributed by atoms with van der Waals surface area (Å²) in [6, 6.07) is 5.74. The van der Waals surface area contributed by atoms with E-state index < -0.39 is 39.6 Å². The van der Waals surface area contributed by atoms with E-state index in [-0.39, 0.29) is 34.9 Å². The third-order valence-electron chi connectivity index (χ3n) is 6.31. The number of sulfonamides is 1. The minimum atomic E-state index is -3.57. The molecule has 0 saturated carbocycles. The van der Waals surface area contributed by atoms with Gasteiger partial charge in [0.15, 0.2) is 0 Å². The van der Waals surface area contributed by atoms with Crippen molar-refractivity contribution in [2.75, 3.05) is 25.4 Å². The number of hydrogen-bond acceptors (Lipinski definition) is 3. The number of nitrogens with zero attached hydrogens (tertiary/aromatic N) is 2. The van der Waals surface area contributed by atoms with Crippen molar-refractivity contribution in [3.05, 3.63) is 59.4 Å². The van der Waals surface area contributed by atoms with Crippen LogP contribution in [-0.4, -0.2) is 61.7 Å². The molecule has 33 heavy (non-hydrogen) atoms. The van der Waals surface area contributed by atoms with Crippen LogP contribution in [0, 0.1) is 17.5 Å². The van der Waals surface area contributed by atoms with E-state index in [0.717, 1.165) is 24.6 Å². The zero-order valence-corrected chi connectivity index (χ0v) is 19.0. The first kappa shape index (κ1) is 23.6. The highest BCUT2D eigenvalue weighted by atomic mass is 32.2. The summed E-state index contributed by atoms with van der Waals surface area (Å²) >= 11 is 0. The summed E-state index contributed by atoms with van der Waals surface area (Å²) in [7, 11) is -3.57. The third-order valence-corrected chi connectivity index (χ3v) is 7.73. The van der Waals surface area contributed by atoms with E-state index >= 15 is 4.39 Å². The van der Waals surface area contributed by atoms with Gasteiger partial charge in [-0.3, -0.25) is 0 Å². The topological polar surface area (TPSA) is 69.7 Å². The fourth-order valence-corrected chi connectivity index (χ4v) is 5.27. The van der Waals surface area contributed by atoms with E-state index in [0.29, 0.717) is 26.1 Å². The lowest BCUT2D eigenvalue weighted by molar-refractivity contribution is 0.120. The summed E-state index contributed by atoms with van der Waals surface area (Å²) in [5.74, 6) is -2.12. The molecule has 2 saturated heterocycles. The first-order chi connectivity index (χ1) is 15.7. The van der Waals surface area contributed by atoms with Gasteiger partial charge in [-0.2, -0.15) is 0 Å². The summed E-state index contributed by atoms with van der Waals surface area (Å²) < 4.78 is 70.7. The van der Waals surface area contributed by atoms with Gasteiger partial charge in [0.25, 0.3) is 0 Å².